The van der Waals surface area contributed by atoms with Crippen LogP contribution in [0.2, 0.25) is 0 Å². The van der Waals surface area contributed by atoms with Crippen LogP contribution in [0.1, 0.15) is 37.7 Å². The minimum absolute atomic E-state index is 0.117. The Balaban J connectivity index is 2.40. The van der Waals surface area contributed by atoms with Gasteiger partial charge in [-0.2, -0.15) is 0 Å². The van der Waals surface area contributed by atoms with E-state index in [1.165, 1.54) is 5.56 Å². The predicted octanol–water partition coefficient (Wildman–Crippen LogP) is 2.51. The number of nitrogens with two attached hydrogens (primary N) is 1. The number of benzene rings is 1. The third-order valence-electron chi connectivity index (χ3n) is 3.82. The average molecular weight is 260 g/mol. The molecule has 0 bridgehead atoms. The Morgan fingerprint density at radius 1 is 1.42 bits per heavy atom. The van der Waals surface area contributed by atoms with Crippen LogP contribution in [0.4, 0.5) is 0 Å². The van der Waals surface area contributed by atoms with E-state index < -0.39 is 0 Å². The fourth-order valence-electron chi connectivity index (χ4n) is 2.86. The Hall–Kier alpha value is -1.39. The number of imidazole rings is 1. The van der Waals surface area contributed by atoms with E-state index in [2.05, 4.69) is 47.3 Å². The summed E-state index contributed by atoms with van der Waals surface area (Å²) in [6.07, 6.45) is 0.985. The molecular formula is C15H24N4. The molecule has 0 amide bonds. The minimum atomic E-state index is 0.117. The van der Waals surface area contributed by atoms with Crippen LogP contribution in [0.5, 0.6) is 0 Å². The van der Waals surface area contributed by atoms with Gasteiger partial charge in [-0.1, -0.05) is 19.9 Å². The molecule has 104 valence electrons. The molecule has 4 N–H and O–H groups in total. The summed E-state index contributed by atoms with van der Waals surface area (Å²) < 4.78 is 0. The lowest BCUT2D eigenvalue weighted by atomic mass is 9.78. The van der Waals surface area contributed by atoms with Gasteiger partial charge in [0.05, 0.1) is 11.0 Å². The van der Waals surface area contributed by atoms with Crippen LogP contribution in [-0.2, 0) is 0 Å². The molecule has 0 aliphatic carbocycles. The monoisotopic (exact) mass is 260 g/mol. The van der Waals surface area contributed by atoms with E-state index in [1.807, 2.05) is 14.0 Å². The molecule has 1 unspecified atom stereocenters. The summed E-state index contributed by atoms with van der Waals surface area (Å²) in [6, 6.07) is 6.71. The SMILES string of the molecule is CNC(c1ccc2nc(C)[nH]c2c1)C(C)(C)CCN. The topological polar surface area (TPSA) is 66.7 Å². The number of aromatic nitrogens is 2. The summed E-state index contributed by atoms with van der Waals surface area (Å²) in [6.45, 7) is 7.19. The van der Waals surface area contributed by atoms with E-state index in [0.29, 0.717) is 6.54 Å². The second kappa shape index (κ2) is 5.31. The van der Waals surface area contributed by atoms with Crippen molar-refractivity contribution in [3.8, 4) is 0 Å². The van der Waals surface area contributed by atoms with Gasteiger partial charge in [0.25, 0.3) is 0 Å². The van der Waals surface area contributed by atoms with E-state index in [4.69, 9.17) is 5.73 Å². The van der Waals surface area contributed by atoms with Gasteiger partial charge in [-0.05, 0) is 50.0 Å². The Bertz CT molecular complexity index is 556. The molecule has 0 spiro atoms. The zero-order valence-corrected chi connectivity index (χ0v) is 12.2. The summed E-state index contributed by atoms with van der Waals surface area (Å²) in [4.78, 5) is 7.74. The number of hydrogen-bond acceptors (Lipinski definition) is 3. The Kier molecular flexibility index (Phi) is 3.92. The second-order valence-electron chi connectivity index (χ2n) is 5.85. The third-order valence-corrected chi connectivity index (χ3v) is 3.82. The maximum Gasteiger partial charge on any atom is 0.104 e. The molecule has 1 aromatic carbocycles. The van der Waals surface area contributed by atoms with Crippen molar-refractivity contribution in [1.29, 1.82) is 0 Å². The first-order valence-corrected chi connectivity index (χ1v) is 6.81. The van der Waals surface area contributed by atoms with Crippen LogP contribution in [0, 0.1) is 12.3 Å². The van der Waals surface area contributed by atoms with Crippen molar-refractivity contribution in [2.24, 2.45) is 11.1 Å². The summed E-state index contributed by atoms with van der Waals surface area (Å²) in [5, 5.41) is 3.43. The predicted molar refractivity (Wildman–Crippen MR) is 80.1 cm³/mol. The second-order valence-corrected chi connectivity index (χ2v) is 5.85. The molecule has 0 aliphatic rings. The van der Waals surface area contributed by atoms with Crippen molar-refractivity contribution in [1.82, 2.24) is 15.3 Å². The van der Waals surface area contributed by atoms with E-state index in [1.54, 1.807) is 0 Å². The highest BCUT2D eigenvalue weighted by Crippen LogP contribution is 2.36. The van der Waals surface area contributed by atoms with Crippen molar-refractivity contribution in [2.75, 3.05) is 13.6 Å². The molecule has 1 atom stereocenters. The molecule has 4 nitrogen and oxygen atoms in total. The normalized spacial score (nSPS) is 13.9. The molecule has 0 radical (unpaired) electrons. The van der Waals surface area contributed by atoms with Crippen LogP contribution >= 0.6 is 0 Å². The molecular weight excluding hydrogens is 236 g/mol. The molecule has 1 aromatic heterocycles. The highest BCUT2D eigenvalue weighted by atomic mass is 14.9. The lowest BCUT2D eigenvalue weighted by Gasteiger charge is -2.34. The maximum atomic E-state index is 5.74. The van der Waals surface area contributed by atoms with Crippen molar-refractivity contribution in [3.05, 3.63) is 29.6 Å². The van der Waals surface area contributed by atoms with Gasteiger partial charge >= 0.3 is 0 Å². The molecule has 2 rings (SSSR count). The van der Waals surface area contributed by atoms with Gasteiger partial charge in [0.1, 0.15) is 5.82 Å². The number of hydrogen-bond donors (Lipinski definition) is 3. The summed E-state index contributed by atoms with van der Waals surface area (Å²) in [5.74, 6) is 0.953. The average Bonchev–Trinajstić information content (AvgIpc) is 2.68. The lowest BCUT2D eigenvalue weighted by molar-refractivity contribution is 0.239. The molecule has 19 heavy (non-hydrogen) atoms. The molecule has 4 heteroatoms. The van der Waals surface area contributed by atoms with Gasteiger partial charge in [0.15, 0.2) is 0 Å². The maximum absolute atomic E-state index is 5.74. The number of nitrogens with one attached hydrogen (secondary N) is 2. The van der Waals surface area contributed by atoms with Crippen LogP contribution < -0.4 is 11.1 Å². The molecule has 0 saturated carbocycles. The first kappa shape index (κ1) is 14.0. The number of fused-ring (bicyclic) bond motifs is 1. The van der Waals surface area contributed by atoms with Gasteiger partial charge < -0.3 is 16.0 Å². The van der Waals surface area contributed by atoms with Crippen LogP contribution in [-0.4, -0.2) is 23.6 Å². The number of rotatable bonds is 5. The first-order valence-electron chi connectivity index (χ1n) is 6.81. The van der Waals surface area contributed by atoms with E-state index >= 15 is 0 Å². The number of nitrogens with zero attached hydrogens (tertiary/aromatic N) is 1. The number of H-pyrrole nitrogens is 1. The van der Waals surface area contributed by atoms with Gasteiger partial charge in [-0.25, -0.2) is 4.98 Å². The quantitative estimate of drug-likeness (QED) is 0.774. The molecule has 2 aromatic rings. The van der Waals surface area contributed by atoms with Gasteiger partial charge in [0.2, 0.25) is 0 Å². The number of aryl methyl sites for hydroxylation is 1. The minimum Gasteiger partial charge on any atom is -0.342 e. The lowest BCUT2D eigenvalue weighted by Crippen LogP contribution is -2.33. The molecule has 1 heterocycles. The molecule has 0 fully saturated rings. The summed E-state index contributed by atoms with van der Waals surface area (Å²) in [7, 11) is 2.01. The van der Waals surface area contributed by atoms with Crippen molar-refractivity contribution < 1.29 is 0 Å². The van der Waals surface area contributed by atoms with Crippen molar-refractivity contribution in [3.63, 3.8) is 0 Å². The fraction of sp³-hybridized carbons (Fsp3) is 0.533. The van der Waals surface area contributed by atoms with Crippen LogP contribution in [0.15, 0.2) is 18.2 Å². The van der Waals surface area contributed by atoms with Crippen molar-refractivity contribution in [2.45, 2.75) is 33.2 Å². The Morgan fingerprint density at radius 2 is 2.16 bits per heavy atom. The van der Waals surface area contributed by atoms with Crippen LogP contribution in [0.3, 0.4) is 0 Å². The van der Waals surface area contributed by atoms with E-state index in [-0.39, 0.29) is 11.5 Å². The van der Waals surface area contributed by atoms with Crippen LogP contribution in [0.25, 0.3) is 11.0 Å². The van der Waals surface area contributed by atoms with Gasteiger partial charge in [-0.3, -0.25) is 0 Å². The fourth-order valence-corrected chi connectivity index (χ4v) is 2.86. The molecule has 0 saturated heterocycles. The van der Waals surface area contributed by atoms with Crippen molar-refractivity contribution >= 4 is 11.0 Å². The summed E-state index contributed by atoms with van der Waals surface area (Å²) in [5.41, 5.74) is 9.24. The highest BCUT2D eigenvalue weighted by Gasteiger charge is 2.29. The largest absolute Gasteiger partial charge is 0.342 e. The zero-order valence-electron chi connectivity index (χ0n) is 12.2. The standard InChI is InChI=1S/C15H24N4/c1-10-18-12-6-5-11(9-13(12)19-10)14(17-4)15(2,3)7-8-16/h5-6,9,14,17H,7-8,16H2,1-4H3,(H,18,19). The third kappa shape index (κ3) is 2.80. The molecule has 0 aliphatic heterocycles. The first-order chi connectivity index (χ1) is 8.97. The Morgan fingerprint density at radius 3 is 2.79 bits per heavy atom. The zero-order chi connectivity index (χ0) is 14.0. The number of aromatic amines is 1. The van der Waals surface area contributed by atoms with E-state index in [0.717, 1.165) is 23.3 Å². The van der Waals surface area contributed by atoms with E-state index in [9.17, 15) is 0 Å². The highest BCUT2D eigenvalue weighted by molar-refractivity contribution is 5.76. The van der Waals surface area contributed by atoms with Gasteiger partial charge in [0, 0.05) is 6.04 Å². The Labute approximate surface area is 114 Å². The smallest absolute Gasteiger partial charge is 0.104 e. The summed E-state index contributed by atoms with van der Waals surface area (Å²) >= 11 is 0. The van der Waals surface area contributed by atoms with Gasteiger partial charge in [-0.15, -0.1) is 0 Å².